The molecular formula is C16H16FN3S. The van der Waals surface area contributed by atoms with Gasteiger partial charge in [-0.05, 0) is 36.4 Å². The lowest BCUT2D eigenvalue weighted by Gasteiger charge is -2.17. The van der Waals surface area contributed by atoms with Crippen LogP contribution >= 0.6 is 11.8 Å². The van der Waals surface area contributed by atoms with Gasteiger partial charge in [0.2, 0.25) is 5.95 Å². The Labute approximate surface area is 127 Å². The molecule has 0 saturated heterocycles. The van der Waals surface area contributed by atoms with E-state index in [1.807, 2.05) is 24.3 Å². The zero-order valence-electron chi connectivity index (χ0n) is 12.0. The highest BCUT2D eigenvalue weighted by atomic mass is 32.2. The van der Waals surface area contributed by atoms with E-state index in [0.717, 1.165) is 23.2 Å². The number of hydrogen-bond acceptors (Lipinski definition) is 3. The van der Waals surface area contributed by atoms with Gasteiger partial charge in [-0.1, -0.05) is 13.0 Å². The smallest absolute Gasteiger partial charge is 0.217 e. The third-order valence-electron chi connectivity index (χ3n) is 3.58. The van der Waals surface area contributed by atoms with Crippen LogP contribution in [0.15, 0.2) is 42.9 Å². The minimum absolute atomic E-state index is 0.340. The third-order valence-corrected chi connectivity index (χ3v) is 4.73. The number of halogens is 1. The van der Waals surface area contributed by atoms with Gasteiger partial charge in [0, 0.05) is 23.2 Å². The van der Waals surface area contributed by atoms with Gasteiger partial charge in [-0.3, -0.25) is 9.38 Å². The number of hydrogen-bond donors (Lipinski definition) is 0. The Bertz CT molecular complexity index is 751. The zero-order valence-corrected chi connectivity index (χ0v) is 12.8. The number of pyridine rings is 2. The first-order valence-electron chi connectivity index (χ1n) is 6.85. The van der Waals surface area contributed by atoms with E-state index < -0.39 is 0 Å². The summed E-state index contributed by atoms with van der Waals surface area (Å²) in [6.45, 7) is 2.15. The lowest BCUT2D eigenvalue weighted by Crippen LogP contribution is -2.01. The molecule has 1 unspecified atom stereocenters. The molecule has 0 aliphatic carbocycles. The minimum atomic E-state index is -0.356. The van der Waals surface area contributed by atoms with Gasteiger partial charge in [-0.2, -0.15) is 16.2 Å². The van der Waals surface area contributed by atoms with Crippen molar-refractivity contribution in [2.75, 3.05) is 6.26 Å². The lowest BCUT2D eigenvalue weighted by atomic mass is 10.0. The van der Waals surface area contributed by atoms with E-state index in [1.54, 1.807) is 24.2 Å². The first kappa shape index (κ1) is 14.1. The molecule has 3 aromatic rings. The number of thioether (sulfide) groups is 1. The Kier molecular flexibility index (Phi) is 3.92. The van der Waals surface area contributed by atoms with Crippen molar-refractivity contribution < 1.29 is 4.39 Å². The molecule has 0 aromatic carbocycles. The van der Waals surface area contributed by atoms with Crippen LogP contribution in [0.4, 0.5) is 4.39 Å². The van der Waals surface area contributed by atoms with Gasteiger partial charge in [-0.15, -0.1) is 0 Å². The maximum atomic E-state index is 13.8. The largest absolute Gasteiger partial charge is 0.276 e. The standard InChI is InChI=1S/C16H16FN3S/c1-3-14(21-2)11-8-16-19-9-15(17)20(16)10-12(11)13-6-4-5-7-18-13/h4-10,14H,3H2,1-2H3. The van der Waals surface area contributed by atoms with Gasteiger partial charge in [0.05, 0.1) is 11.9 Å². The number of imidazole rings is 1. The van der Waals surface area contributed by atoms with Gasteiger partial charge in [0.1, 0.15) is 5.65 Å². The van der Waals surface area contributed by atoms with Crippen LogP contribution in [-0.4, -0.2) is 20.6 Å². The molecular weight excluding hydrogens is 285 g/mol. The Morgan fingerprint density at radius 1 is 1.33 bits per heavy atom. The van der Waals surface area contributed by atoms with E-state index in [4.69, 9.17) is 0 Å². The zero-order chi connectivity index (χ0) is 14.8. The summed E-state index contributed by atoms with van der Waals surface area (Å²) in [4.78, 5) is 8.54. The van der Waals surface area contributed by atoms with E-state index in [1.165, 1.54) is 10.6 Å². The van der Waals surface area contributed by atoms with Gasteiger partial charge < -0.3 is 0 Å². The van der Waals surface area contributed by atoms with Crippen molar-refractivity contribution in [1.29, 1.82) is 0 Å². The second-order valence-electron chi connectivity index (χ2n) is 4.80. The molecule has 3 heterocycles. The predicted octanol–water partition coefficient (Wildman–Crippen LogP) is 4.35. The molecule has 1 atom stereocenters. The van der Waals surface area contributed by atoms with Crippen LogP contribution in [0.25, 0.3) is 16.9 Å². The fourth-order valence-corrected chi connectivity index (χ4v) is 3.31. The first-order valence-corrected chi connectivity index (χ1v) is 8.14. The Morgan fingerprint density at radius 3 is 2.86 bits per heavy atom. The van der Waals surface area contributed by atoms with E-state index in [0.29, 0.717) is 10.9 Å². The van der Waals surface area contributed by atoms with E-state index in [-0.39, 0.29) is 5.95 Å². The molecule has 0 fully saturated rings. The number of nitrogens with zero attached hydrogens (tertiary/aromatic N) is 3. The molecule has 0 saturated carbocycles. The van der Waals surface area contributed by atoms with E-state index >= 15 is 0 Å². The average Bonchev–Trinajstić information content (AvgIpc) is 2.89. The van der Waals surface area contributed by atoms with Gasteiger partial charge in [-0.25, -0.2) is 4.98 Å². The van der Waals surface area contributed by atoms with Crippen molar-refractivity contribution in [1.82, 2.24) is 14.4 Å². The van der Waals surface area contributed by atoms with Crippen molar-refractivity contribution in [3.63, 3.8) is 0 Å². The van der Waals surface area contributed by atoms with Gasteiger partial charge in [0.15, 0.2) is 0 Å². The molecule has 3 nitrogen and oxygen atoms in total. The predicted molar refractivity (Wildman–Crippen MR) is 84.9 cm³/mol. The molecule has 3 rings (SSSR count). The maximum absolute atomic E-state index is 13.8. The molecule has 0 amide bonds. The molecule has 0 spiro atoms. The van der Waals surface area contributed by atoms with Crippen LogP contribution in [0.5, 0.6) is 0 Å². The summed E-state index contributed by atoms with van der Waals surface area (Å²) >= 11 is 1.79. The van der Waals surface area contributed by atoms with Crippen molar-refractivity contribution in [2.24, 2.45) is 0 Å². The van der Waals surface area contributed by atoms with Crippen molar-refractivity contribution in [3.8, 4) is 11.3 Å². The van der Waals surface area contributed by atoms with Crippen LogP contribution in [0, 0.1) is 5.95 Å². The summed E-state index contributed by atoms with van der Waals surface area (Å²) in [6.07, 6.45) is 7.90. The normalized spacial score (nSPS) is 12.7. The number of aromatic nitrogens is 3. The molecule has 21 heavy (non-hydrogen) atoms. The lowest BCUT2D eigenvalue weighted by molar-refractivity contribution is 0.573. The SMILES string of the molecule is CCC(SC)c1cc2ncc(F)n2cc1-c1ccccn1. The quantitative estimate of drug-likeness (QED) is 0.717. The van der Waals surface area contributed by atoms with Crippen molar-refractivity contribution in [3.05, 3.63) is 54.4 Å². The number of fused-ring (bicyclic) bond motifs is 1. The monoisotopic (exact) mass is 301 g/mol. The van der Waals surface area contributed by atoms with Crippen LogP contribution in [-0.2, 0) is 0 Å². The average molecular weight is 301 g/mol. The third kappa shape index (κ3) is 2.53. The Balaban J connectivity index is 2.27. The molecule has 0 bridgehead atoms. The van der Waals surface area contributed by atoms with Crippen molar-refractivity contribution >= 4 is 17.4 Å². The van der Waals surface area contributed by atoms with Crippen LogP contribution in [0.3, 0.4) is 0 Å². The maximum Gasteiger partial charge on any atom is 0.217 e. The highest BCUT2D eigenvalue weighted by Crippen LogP contribution is 2.37. The highest BCUT2D eigenvalue weighted by molar-refractivity contribution is 7.98. The van der Waals surface area contributed by atoms with Crippen LogP contribution in [0.1, 0.15) is 24.2 Å². The van der Waals surface area contributed by atoms with Gasteiger partial charge >= 0.3 is 0 Å². The summed E-state index contributed by atoms with van der Waals surface area (Å²) in [6, 6.07) is 7.75. The van der Waals surface area contributed by atoms with Crippen LogP contribution < -0.4 is 0 Å². The Hall–Kier alpha value is -1.88. The molecule has 0 aliphatic heterocycles. The molecule has 108 valence electrons. The van der Waals surface area contributed by atoms with Gasteiger partial charge in [0.25, 0.3) is 0 Å². The molecule has 5 heteroatoms. The van der Waals surface area contributed by atoms with E-state index in [9.17, 15) is 4.39 Å². The topological polar surface area (TPSA) is 30.2 Å². The molecule has 0 aliphatic rings. The summed E-state index contributed by atoms with van der Waals surface area (Å²) in [7, 11) is 0. The fourth-order valence-electron chi connectivity index (χ4n) is 2.52. The highest BCUT2D eigenvalue weighted by Gasteiger charge is 2.17. The summed E-state index contributed by atoms with van der Waals surface area (Å²) in [5.41, 5.74) is 3.60. The van der Waals surface area contributed by atoms with Crippen LogP contribution in [0.2, 0.25) is 0 Å². The summed E-state index contributed by atoms with van der Waals surface area (Å²) in [5.74, 6) is -0.356. The van der Waals surface area contributed by atoms with Crippen molar-refractivity contribution in [2.45, 2.75) is 18.6 Å². The van der Waals surface area contributed by atoms with E-state index in [2.05, 4.69) is 23.1 Å². The second kappa shape index (κ2) is 5.85. The summed E-state index contributed by atoms with van der Waals surface area (Å²) < 4.78 is 15.3. The second-order valence-corrected chi connectivity index (χ2v) is 5.84. The number of rotatable bonds is 4. The minimum Gasteiger partial charge on any atom is -0.276 e. The fraction of sp³-hybridized carbons (Fsp3) is 0.250. The molecule has 0 radical (unpaired) electrons. The first-order chi connectivity index (χ1) is 10.2. The Morgan fingerprint density at radius 2 is 2.19 bits per heavy atom. The molecule has 0 N–H and O–H groups in total. The summed E-state index contributed by atoms with van der Waals surface area (Å²) in [5, 5.41) is 0.340. The molecule has 3 aromatic heterocycles.